The van der Waals surface area contributed by atoms with E-state index in [0.29, 0.717) is 0 Å². The van der Waals surface area contributed by atoms with E-state index in [1.807, 2.05) is 0 Å². The van der Waals surface area contributed by atoms with Crippen molar-refractivity contribution in [3.8, 4) is 33.4 Å². The van der Waals surface area contributed by atoms with Crippen LogP contribution in [0.4, 0.5) is 0 Å². The van der Waals surface area contributed by atoms with E-state index < -0.39 is 0 Å². The summed E-state index contributed by atoms with van der Waals surface area (Å²) in [6, 6.07) is 37.3. The average Bonchev–Trinajstić information content (AvgIpc) is 3.48. The van der Waals surface area contributed by atoms with Gasteiger partial charge in [0.05, 0.1) is 0 Å². The van der Waals surface area contributed by atoms with Crippen LogP contribution in [0.5, 0.6) is 0 Å². The van der Waals surface area contributed by atoms with Gasteiger partial charge in [0, 0.05) is 10.8 Å². The molecule has 1 aromatic heterocycles. The molecule has 0 N–H and O–H groups in total. The van der Waals surface area contributed by atoms with Crippen molar-refractivity contribution in [2.45, 2.75) is 0 Å². The maximum Gasteiger partial charge on any atom is 0.143 e. The van der Waals surface area contributed by atoms with Gasteiger partial charge >= 0.3 is 0 Å². The van der Waals surface area contributed by atoms with Gasteiger partial charge in [0.1, 0.15) is 66.1 Å². The van der Waals surface area contributed by atoms with Gasteiger partial charge in [-0.05, 0) is 61.0 Å². The van der Waals surface area contributed by atoms with Gasteiger partial charge in [-0.1, -0.05) is 135 Å². The van der Waals surface area contributed by atoms with Gasteiger partial charge in [-0.15, -0.1) is 0 Å². The molecule has 0 fully saturated rings. The van der Waals surface area contributed by atoms with Crippen molar-refractivity contribution >= 4 is 137 Å². The Bertz CT molecular complexity index is 2470. The molecule has 0 unspecified atom stereocenters. The van der Waals surface area contributed by atoms with E-state index in [-0.39, 0.29) is 0 Å². The van der Waals surface area contributed by atoms with E-state index in [1.165, 1.54) is 104 Å². The minimum absolute atomic E-state index is 0.953. The fourth-order valence-corrected chi connectivity index (χ4v) is 8.20. The lowest BCUT2D eigenvalue weighted by Crippen LogP contribution is -2.47. The second kappa shape index (κ2) is 10.7. The number of para-hydroxylation sites is 1. The second-order valence-electron chi connectivity index (χ2n) is 13.0. The summed E-state index contributed by atoms with van der Waals surface area (Å²) in [5.74, 6) is 0. The van der Waals surface area contributed by atoms with Crippen LogP contribution < -0.4 is 38.2 Å². The van der Waals surface area contributed by atoms with Crippen molar-refractivity contribution in [2.24, 2.45) is 0 Å². The molecular weight excluding hydrogens is 548 g/mol. The Morgan fingerprint density at radius 1 is 0.326 bits per heavy atom. The minimum atomic E-state index is 0.953. The second-order valence-corrected chi connectivity index (χ2v) is 13.0. The molecule has 0 spiro atoms. The smallest absolute Gasteiger partial charge is 0.143 e. The lowest BCUT2D eigenvalue weighted by atomic mass is 9.59. The fraction of sp³-hybridized carbons (Fsp3) is 0. The van der Waals surface area contributed by atoms with E-state index in [1.54, 1.807) is 0 Å². The molecule has 0 bridgehead atoms. The molecular formula is C38H31B7O. The van der Waals surface area contributed by atoms with Crippen molar-refractivity contribution in [1.82, 2.24) is 0 Å². The third kappa shape index (κ3) is 3.99. The quantitative estimate of drug-likeness (QED) is 0.188. The van der Waals surface area contributed by atoms with E-state index in [0.717, 1.165) is 11.2 Å². The zero-order chi connectivity index (χ0) is 31.9. The molecule has 8 rings (SSSR count). The first-order chi connectivity index (χ1) is 22.3. The average molecular weight is 579 g/mol. The zero-order valence-electron chi connectivity index (χ0n) is 27.7. The first kappa shape index (κ1) is 28.8. The first-order valence-corrected chi connectivity index (χ1v) is 16.3. The summed E-state index contributed by atoms with van der Waals surface area (Å²) in [5.41, 5.74) is 19.1. The summed E-state index contributed by atoms with van der Waals surface area (Å²) in [4.78, 5) is 0. The van der Waals surface area contributed by atoms with Gasteiger partial charge in [-0.25, -0.2) is 0 Å². The van der Waals surface area contributed by atoms with E-state index in [4.69, 9.17) is 4.42 Å². The molecule has 0 radical (unpaired) electrons. The summed E-state index contributed by atoms with van der Waals surface area (Å²) >= 11 is 0. The van der Waals surface area contributed by atoms with Crippen LogP contribution in [0, 0.1) is 0 Å². The molecule has 0 aliphatic carbocycles. The maximum absolute atomic E-state index is 6.44. The van der Waals surface area contributed by atoms with Crippen LogP contribution in [0.3, 0.4) is 0 Å². The number of hydrogen-bond donors (Lipinski definition) is 0. The van der Waals surface area contributed by atoms with Crippen molar-refractivity contribution in [3.05, 3.63) is 103 Å². The molecule has 0 atom stereocenters. The Kier molecular flexibility index (Phi) is 6.69. The van der Waals surface area contributed by atoms with Crippen LogP contribution in [0.25, 0.3) is 76.9 Å². The minimum Gasteiger partial charge on any atom is -0.457 e. The van der Waals surface area contributed by atoms with E-state index in [2.05, 4.69) is 158 Å². The van der Waals surface area contributed by atoms with Gasteiger partial charge in [0.15, 0.2) is 0 Å². The third-order valence-corrected chi connectivity index (χ3v) is 10.7. The zero-order valence-corrected chi connectivity index (χ0v) is 27.7. The molecule has 0 saturated carbocycles. The lowest BCUT2D eigenvalue weighted by molar-refractivity contribution is 0.672. The van der Waals surface area contributed by atoms with Crippen LogP contribution in [0.1, 0.15) is 0 Å². The summed E-state index contributed by atoms with van der Waals surface area (Å²) in [6.45, 7) is 0. The van der Waals surface area contributed by atoms with Gasteiger partial charge in [0.2, 0.25) is 0 Å². The van der Waals surface area contributed by atoms with E-state index >= 15 is 0 Å². The highest BCUT2D eigenvalue weighted by atomic mass is 16.3. The molecule has 0 aliphatic heterocycles. The van der Waals surface area contributed by atoms with Crippen LogP contribution >= 0.6 is 0 Å². The standard InChI is InChI=1S/C38H31B7O/c39-31-27-23-16-8-9-17-24(23)46-38(27)37(45)36(44)29(31)30-34(42)32(40)28(33(41)35(30)43)26-21-14-6-4-12-19(21)25(18-10-2-1-3-11-18)20-13-5-7-15-22(20)26/h1-17H,39-45H2. The molecule has 0 aliphatic rings. The number of benzene rings is 7. The molecule has 46 heavy (non-hydrogen) atoms. The molecule has 210 valence electrons. The normalized spacial score (nSPS) is 11.7. The summed E-state index contributed by atoms with van der Waals surface area (Å²) in [7, 11) is 16.1. The van der Waals surface area contributed by atoms with Gasteiger partial charge in [-0.2, -0.15) is 0 Å². The summed E-state index contributed by atoms with van der Waals surface area (Å²) < 4.78 is 6.44. The topological polar surface area (TPSA) is 13.1 Å². The molecule has 0 saturated heterocycles. The number of fused-ring (bicyclic) bond motifs is 5. The number of hydrogen-bond acceptors (Lipinski definition) is 1. The monoisotopic (exact) mass is 580 g/mol. The highest BCUT2D eigenvalue weighted by molar-refractivity contribution is 6.66. The predicted octanol–water partition coefficient (Wildman–Crippen LogP) is -1.30. The third-order valence-electron chi connectivity index (χ3n) is 10.7. The predicted molar refractivity (Wildman–Crippen MR) is 222 cm³/mol. The SMILES string of the molecule is Bc1c(B)c(-c2c3ccccc3c(-c3ccccc3)c3ccccc23)c(B)c(B)c1-c1c(B)c(B)c2oc3ccccc3c2c1B. The van der Waals surface area contributed by atoms with Crippen LogP contribution in [0.15, 0.2) is 108 Å². The molecule has 1 heterocycles. The Morgan fingerprint density at radius 2 is 0.717 bits per heavy atom. The van der Waals surface area contributed by atoms with Crippen molar-refractivity contribution in [3.63, 3.8) is 0 Å². The summed E-state index contributed by atoms with van der Waals surface area (Å²) in [5, 5.41) is 7.61. The molecule has 8 heteroatoms. The van der Waals surface area contributed by atoms with Crippen molar-refractivity contribution in [1.29, 1.82) is 0 Å². The Labute approximate surface area is 276 Å². The fourth-order valence-electron chi connectivity index (χ4n) is 8.20. The Hall–Kier alpha value is -4.69. The molecule has 8 aromatic rings. The van der Waals surface area contributed by atoms with Crippen molar-refractivity contribution < 1.29 is 4.42 Å². The van der Waals surface area contributed by atoms with Gasteiger partial charge in [0.25, 0.3) is 0 Å². The first-order valence-electron chi connectivity index (χ1n) is 16.3. The van der Waals surface area contributed by atoms with Crippen LogP contribution in [-0.4, -0.2) is 54.9 Å². The van der Waals surface area contributed by atoms with Crippen LogP contribution in [-0.2, 0) is 0 Å². The molecule has 1 nitrogen and oxygen atoms in total. The Balaban J connectivity index is 1.48. The molecule has 0 amide bonds. The number of furan rings is 1. The van der Waals surface area contributed by atoms with Crippen molar-refractivity contribution in [2.75, 3.05) is 0 Å². The number of rotatable bonds is 3. The van der Waals surface area contributed by atoms with E-state index in [9.17, 15) is 0 Å². The molecule has 7 aromatic carbocycles. The van der Waals surface area contributed by atoms with Crippen LogP contribution in [0.2, 0.25) is 0 Å². The summed E-state index contributed by atoms with van der Waals surface area (Å²) in [6.07, 6.45) is 0. The highest BCUT2D eigenvalue weighted by Gasteiger charge is 2.25. The lowest BCUT2D eigenvalue weighted by Gasteiger charge is -2.27. The van der Waals surface area contributed by atoms with Gasteiger partial charge in [-0.3, -0.25) is 0 Å². The van der Waals surface area contributed by atoms with Gasteiger partial charge < -0.3 is 4.42 Å². The Morgan fingerprint density at radius 3 is 1.26 bits per heavy atom. The largest absolute Gasteiger partial charge is 0.457 e. The maximum atomic E-state index is 6.44. The highest BCUT2D eigenvalue weighted by Crippen LogP contribution is 2.42.